The van der Waals surface area contributed by atoms with Crippen molar-refractivity contribution in [2.45, 2.75) is 25.8 Å². The van der Waals surface area contributed by atoms with Crippen molar-refractivity contribution >= 4 is 21.6 Å². The highest BCUT2D eigenvalue weighted by Gasteiger charge is 2.08. The zero-order valence-corrected chi connectivity index (χ0v) is 12.7. The third-order valence-electron chi connectivity index (χ3n) is 2.97. The van der Waals surface area contributed by atoms with E-state index in [-0.39, 0.29) is 0 Å². The molecule has 102 valence electrons. The molecule has 19 heavy (non-hydrogen) atoms. The Morgan fingerprint density at radius 3 is 2.89 bits per heavy atom. The normalized spacial score (nSPS) is 12.2. The van der Waals surface area contributed by atoms with Crippen molar-refractivity contribution in [3.63, 3.8) is 0 Å². The summed E-state index contributed by atoms with van der Waals surface area (Å²) in [5.74, 6) is 1.88. The van der Waals surface area contributed by atoms with Gasteiger partial charge in [-0.15, -0.1) is 0 Å². The third kappa shape index (κ3) is 4.03. The molecule has 2 aromatic rings. The van der Waals surface area contributed by atoms with E-state index in [1.165, 1.54) is 0 Å². The minimum Gasteiger partial charge on any atom is -0.495 e. The van der Waals surface area contributed by atoms with Gasteiger partial charge in [0.25, 0.3) is 0 Å². The van der Waals surface area contributed by atoms with Gasteiger partial charge in [0.05, 0.1) is 19.1 Å². The van der Waals surface area contributed by atoms with E-state index in [4.69, 9.17) is 9.15 Å². The number of aryl methyl sites for hydroxylation is 1. The maximum absolute atomic E-state index is 5.35. The maximum Gasteiger partial charge on any atom is 0.142 e. The SMILES string of the molecule is COc1ccc(Br)cc1NC(C)CCc1ccco1. The van der Waals surface area contributed by atoms with Crippen molar-refractivity contribution in [1.82, 2.24) is 0 Å². The molecule has 0 aliphatic heterocycles. The number of benzene rings is 1. The van der Waals surface area contributed by atoms with Crippen molar-refractivity contribution in [3.8, 4) is 5.75 Å². The van der Waals surface area contributed by atoms with Gasteiger partial charge in [0.2, 0.25) is 0 Å². The molecule has 1 heterocycles. The molecule has 1 unspecified atom stereocenters. The number of nitrogens with one attached hydrogen (secondary N) is 1. The highest BCUT2D eigenvalue weighted by Crippen LogP contribution is 2.28. The number of anilines is 1. The number of halogens is 1. The Morgan fingerprint density at radius 2 is 2.21 bits per heavy atom. The van der Waals surface area contributed by atoms with Crippen LogP contribution in [0.2, 0.25) is 0 Å². The van der Waals surface area contributed by atoms with E-state index in [1.54, 1.807) is 13.4 Å². The van der Waals surface area contributed by atoms with E-state index in [1.807, 2.05) is 30.3 Å². The Bertz CT molecular complexity index is 511. The van der Waals surface area contributed by atoms with Gasteiger partial charge in [-0.2, -0.15) is 0 Å². The summed E-state index contributed by atoms with van der Waals surface area (Å²) >= 11 is 3.48. The molecule has 0 amide bonds. The first-order chi connectivity index (χ1) is 9.19. The lowest BCUT2D eigenvalue weighted by molar-refractivity contribution is 0.415. The molecule has 0 radical (unpaired) electrons. The zero-order valence-electron chi connectivity index (χ0n) is 11.2. The van der Waals surface area contributed by atoms with E-state index < -0.39 is 0 Å². The first-order valence-corrected chi connectivity index (χ1v) is 7.11. The first-order valence-electron chi connectivity index (χ1n) is 6.31. The van der Waals surface area contributed by atoms with Crippen molar-refractivity contribution in [1.29, 1.82) is 0 Å². The monoisotopic (exact) mass is 323 g/mol. The molecule has 0 aliphatic carbocycles. The van der Waals surface area contributed by atoms with Crippen LogP contribution in [0.3, 0.4) is 0 Å². The summed E-state index contributed by atoms with van der Waals surface area (Å²) in [6, 6.07) is 10.2. The average Bonchev–Trinajstić information content (AvgIpc) is 2.90. The van der Waals surface area contributed by atoms with Gasteiger partial charge in [-0.05, 0) is 43.7 Å². The second-order valence-electron chi connectivity index (χ2n) is 4.51. The summed E-state index contributed by atoms with van der Waals surface area (Å²) in [5, 5.41) is 3.47. The molecule has 1 aromatic carbocycles. The minimum absolute atomic E-state index is 0.341. The Hall–Kier alpha value is -1.42. The van der Waals surface area contributed by atoms with Crippen molar-refractivity contribution in [3.05, 3.63) is 46.8 Å². The Morgan fingerprint density at radius 1 is 1.37 bits per heavy atom. The van der Waals surface area contributed by atoms with Crippen LogP contribution in [0.1, 0.15) is 19.1 Å². The van der Waals surface area contributed by atoms with Gasteiger partial charge in [-0.1, -0.05) is 15.9 Å². The van der Waals surface area contributed by atoms with E-state index in [9.17, 15) is 0 Å². The standard InChI is InChI=1S/C15H18BrNO2/c1-11(5-7-13-4-3-9-19-13)17-14-10-12(16)6-8-15(14)18-2/h3-4,6,8-11,17H,5,7H2,1-2H3. The first kappa shape index (κ1) is 14.0. The molecule has 1 N–H and O–H groups in total. The number of ether oxygens (including phenoxy) is 1. The molecular weight excluding hydrogens is 306 g/mol. The average molecular weight is 324 g/mol. The molecule has 2 rings (SSSR count). The van der Waals surface area contributed by atoms with E-state index in [2.05, 4.69) is 28.2 Å². The molecular formula is C15H18BrNO2. The fourth-order valence-corrected chi connectivity index (χ4v) is 2.31. The van der Waals surface area contributed by atoms with E-state index in [0.29, 0.717) is 6.04 Å². The predicted octanol–water partition coefficient (Wildman–Crippen LogP) is 4.48. The molecule has 1 aromatic heterocycles. The molecule has 0 fully saturated rings. The third-order valence-corrected chi connectivity index (χ3v) is 3.46. The van der Waals surface area contributed by atoms with Gasteiger partial charge in [0.15, 0.2) is 0 Å². The predicted molar refractivity (Wildman–Crippen MR) is 80.8 cm³/mol. The van der Waals surface area contributed by atoms with E-state index in [0.717, 1.165) is 34.5 Å². The Balaban J connectivity index is 1.94. The lowest BCUT2D eigenvalue weighted by atomic mass is 10.1. The Labute approximate surface area is 122 Å². The summed E-state index contributed by atoms with van der Waals surface area (Å²) in [4.78, 5) is 0. The lowest BCUT2D eigenvalue weighted by Crippen LogP contribution is -2.16. The number of furan rings is 1. The van der Waals surface area contributed by atoms with Crippen molar-refractivity contribution in [2.24, 2.45) is 0 Å². The number of hydrogen-bond donors (Lipinski definition) is 1. The summed E-state index contributed by atoms with van der Waals surface area (Å²) in [6.07, 6.45) is 3.64. The van der Waals surface area contributed by atoms with Crippen molar-refractivity contribution < 1.29 is 9.15 Å². The summed E-state index contributed by atoms with van der Waals surface area (Å²) in [7, 11) is 1.68. The second kappa shape index (κ2) is 6.66. The molecule has 0 aliphatic rings. The fraction of sp³-hybridized carbons (Fsp3) is 0.333. The van der Waals surface area contributed by atoms with Crippen LogP contribution < -0.4 is 10.1 Å². The van der Waals surface area contributed by atoms with Crippen LogP contribution in [0, 0.1) is 0 Å². The molecule has 0 spiro atoms. The molecule has 0 saturated heterocycles. The lowest BCUT2D eigenvalue weighted by Gasteiger charge is -2.17. The number of hydrogen-bond acceptors (Lipinski definition) is 3. The molecule has 4 heteroatoms. The molecule has 0 bridgehead atoms. The van der Waals surface area contributed by atoms with Gasteiger partial charge in [-0.3, -0.25) is 0 Å². The number of methoxy groups -OCH3 is 1. The van der Waals surface area contributed by atoms with E-state index >= 15 is 0 Å². The van der Waals surface area contributed by atoms with Crippen LogP contribution in [-0.2, 0) is 6.42 Å². The molecule has 1 atom stereocenters. The van der Waals surface area contributed by atoms with Gasteiger partial charge in [-0.25, -0.2) is 0 Å². The quantitative estimate of drug-likeness (QED) is 0.850. The van der Waals surface area contributed by atoms with Crippen LogP contribution >= 0.6 is 15.9 Å². The van der Waals surface area contributed by atoms with Crippen LogP contribution in [-0.4, -0.2) is 13.2 Å². The topological polar surface area (TPSA) is 34.4 Å². The fourth-order valence-electron chi connectivity index (χ4n) is 1.94. The number of rotatable bonds is 6. The summed E-state index contributed by atoms with van der Waals surface area (Å²) < 4.78 is 11.7. The van der Waals surface area contributed by atoms with Gasteiger partial charge >= 0.3 is 0 Å². The summed E-state index contributed by atoms with van der Waals surface area (Å²) in [5.41, 5.74) is 1.00. The van der Waals surface area contributed by atoms with Gasteiger partial charge in [0, 0.05) is 16.9 Å². The second-order valence-corrected chi connectivity index (χ2v) is 5.42. The van der Waals surface area contributed by atoms with Crippen LogP contribution in [0.25, 0.3) is 0 Å². The molecule has 0 saturated carbocycles. The zero-order chi connectivity index (χ0) is 13.7. The largest absolute Gasteiger partial charge is 0.495 e. The highest BCUT2D eigenvalue weighted by molar-refractivity contribution is 9.10. The Kier molecular flexibility index (Phi) is 4.91. The smallest absolute Gasteiger partial charge is 0.142 e. The highest BCUT2D eigenvalue weighted by atomic mass is 79.9. The van der Waals surface area contributed by atoms with Gasteiger partial charge in [0.1, 0.15) is 11.5 Å². The van der Waals surface area contributed by atoms with Gasteiger partial charge < -0.3 is 14.5 Å². The molecule has 3 nitrogen and oxygen atoms in total. The minimum atomic E-state index is 0.341. The maximum atomic E-state index is 5.35. The van der Waals surface area contributed by atoms with Crippen molar-refractivity contribution in [2.75, 3.05) is 12.4 Å². The summed E-state index contributed by atoms with van der Waals surface area (Å²) in [6.45, 7) is 2.16. The van der Waals surface area contributed by atoms with Crippen LogP contribution in [0.15, 0.2) is 45.5 Å². The van der Waals surface area contributed by atoms with Crippen LogP contribution in [0.5, 0.6) is 5.75 Å². The van der Waals surface area contributed by atoms with Crippen LogP contribution in [0.4, 0.5) is 5.69 Å².